The van der Waals surface area contributed by atoms with Crippen LogP contribution in [0.5, 0.6) is 0 Å². The minimum absolute atomic E-state index is 0.259. The zero-order chi connectivity index (χ0) is 9.42. The van der Waals surface area contributed by atoms with Gasteiger partial charge in [0.2, 0.25) is 0 Å². The van der Waals surface area contributed by atoms with Crippen molar-refractivity contribution in [1.82, 2.24) is 10.2 Å². The van der Waals surface area contributed by atoms with Crippen molar-refractivity contribution in [3.8, 4) is 0 Å². The second kappa shape index (κ2) is 2.85. The zero-order valence-corrected chi connectivity index (χ0v) is 8.00. The number of benzene rings is 1. The molecule has 4 nitrogen and oxygen atoms in total. The highest BCUT2D eigenvalue weighted by atomic mass is 79.9. The van der Waals surface area contributed by atoms with E-state index in [-0.39, 0.29) is 5.56 Å². The number of hydrogen-bond donors (Lipinski definition) is 2. The van der Waals surface area contributed by atoms with Crippen LogP contribution in [0.2, 0.25) is 0 Å². The van der Waals surface area contributed by atoms with E-state index in [4.69, 9.17) is 5.11 Å². The van der Waals surface area contributed by atoms with Crippen molar-refractivity contribution < 1.29 is 9.90 Å². The maximum atomic E-state index is 10.6. The third-order valence-electron chi connectivity index (χ3n) is 1.75. The van der Waals surface area contributed by atoms with Gasteiger partial charge in [-0.15, -0.1) is 0 Å². The third kappa shape index (κ3) is 1.31. The molecule has 2 N–H and O–H groups in total. The smallest absolute Gasteiger partial charge is 0.335 e. The Bertz CT molecular complexity index is 478. The number of hydrogen-bond acceptors (Lipinski definition) is 2. The average molecular weight is 241 g/mol. The van der Waals surface area contributed by atoms with Gasteiger partial charge in [-0.25, -0.2) is 4.79 Å². The van der Waals surface area contributed by atoms with E-state index >= 15 is 0 Å². The summed E-state index contributed by atoms with van der Waals surface area (Å²) in [4.78, 5) is 10.6. The van der Waals surface area contributed by atoms with Gasteiger partial charge < -0.3 is 5.11 Å². The Labute approximate surface area is 81.7 Å². The first-order valence-corrected chi connectivity index (χ1v) is 4.34. The van der Waals surface area contributed by atoms with E-state index in [0.29, 0.717) is 4.60 Å². The number of nitrogens with zero attached hydrogens (tertiary/aromatic N) is 1. The van der Waals surface area contributed by atoms with Crippen LogP contribution in [0.1, 0.15) is 10.4 Å². The number of aromatic nitrogens is 2. The average Bonchev–Trinajstić information content (AvgIpc) is 2.47. The van der Waals surface area contributed by atoms with Crippen molar-refractivity contribution in [2.24, 2.45) is 0 Å². The Balaban J connectivity index is 2.72. The summed E-state index contributed by atoms with van der Waals surface area (Å²) in [5.41, 5.74) is 1.01. The Morgan fingerprint density at radius 2 is 2.31 bits per heavy atom. The largest absolute Gasteiger partial charge is 0.478 e. The summed E-state index contributed by atoms with van der Waals surface area (Å²) in [5, 5.41) is 16.2. The second-order valence-electron chi connectivity index (χ2n) is 2.57. The fourth-order valence-electron chi connectivity index (χ4n) is 1.11. The number of aromatic carboxylic acids is 1. The molecule has 0 aliphatic heterocycles. The van der Waals surface area contributed by atoms with Crippen LogP contribution in [0, 0.1) is 0 Å². The van der Waals surface area contributed by atoms with Crippen molar-refractivity contribution in [3.63, 3.8) is 0 Å². The number of rotatable bonds is 1. The fourth-order valence-corrected chi connectivity index (χ4v) is 1.52. The lowest BCUT2D eigenvalue weighted by Gasteiger charge is -1.93. The van der Waals surface area contributed by atoms with Crippen LogP contribution in [-0.4, -0.2) is 21.3 Å². The molecule has 2 aromatic rings. The van der Waals surface area contributed by atoms with Crippen LogP contribution >= 0.6 is 15.9 Å². The van der Waals surface area contributed by atoms with Crippen molar-refractivity contribution in [3.05, 3.63) is 28.4 Å². The van der Waals surface area contributed by atoms with E-state index in [9.17, 15) is 4.79 Å². The van der Waals surface area contributed by atoms with Crippen LogP contribution in [0.25, 0.3) is 10.9 Å². The van der Waals surface area contributed by atoms with Gasteiger partial charge in [-0.2, -0.15) is 5.10 Å². The molecule has 0 bridgehead atoms. The Kier molecular flexibility index (Phi) is 1.81. The molecule has 13 heavy (non-hydrogen) atoms. The first-order chi connectivity index (χ1) is 6.18. The fraction of sp³-hybridized carbons (Fsp3) is 0. The van der Waals surface area contributed by atoms with Crippen molar-refractivity contribution in [2.75, 3.05) is 0 Å². The Morgan fingerprint density at radius 3 is 3.00 bits per heavy atom. The van der Waals surface area contributed by atoms with E-state index in [2.05, 4.69) is 26.1 Å². The predicted molar refractivity (Wildman–Crippen MR) is 50.8 cm³/mol. The van der Waals surface area contributed by atoms with Crippen LogP contribution in [0.4, 0.5) is 0 Å². The lowest BCUT2D eigenvalue weighted by atomic mass is 10.2. The van der Waals surface area contributed by atoms with Gasteiger partial charge in [-0.1, -0.05) is 0 Å². The monoisotopic (exact) mass is 240 g/mol. The number of H-pyrrole nitrogens is 1. The van der Waals surface area contributed by atoms with Crippen LogP contribution < -0.4 is 0 Å². The highest BCUT2D eigenvalue weighted by molar-refractivity contribution is 9.10. The maximum absolute atomic E-state index is 10.6. The number of halogens is 1. The number of carboxylic acid groups (broad SMARTS) is 1. The third-order valence-corrected chi connectivity index (χ3v) is 2.36. The number of carbonyl (C=O) groups is 1. The van der Waals surface area contributed by atoms with Gasteiger partial charge in [0.05, 0.1) is 11.1 Å². The van der Waals surface area contributed by atoms with Crippen molar-refractivity contribution in [1.29, 1.82) is 0 Å². The van der Waals surface area contributed by atoms with E-state index < -0.39 is 5.97 Å². The molecule has 66 valence electrons. The summed E-state index contributed by atoms with van der Waals surface area (Å²) in [6.07, 6.45) is 0. The number of aromatic amines is 1. The summed E-state index contributed by atoms with van der Waals surface area (Å²) in [6.45, 7) is 0. The molecule has 0 atom stereocenters. The van der Waals surface area contributed by atoms with E-state index in [1.165, 1.54) is 6.07 Å². The summed E-state index contributed by atoms with van der Waals surface area (Å²) < 4.78 is 0.700. The summed E-state index contributed by atoms with van der Waals surface area (Å²) in [6, 6.07) is 4.77. The number of nitrogens with one attached hydrogen (secondary N) is 1. The maximum Gasteiger partial charge on any atom is 0.335 e. The highest BCUT2D eigenvalue weighted by Gasteiger charge is 2.07. The van der Waals surface area contributed by atoms with E-state index in [0.717, 1.165) is 10.9 Å². The first-order valence-electron chi connectivity index (χ1n) is 3.55. The second-order valence-corrected chi connectivity index (χ2v) is 3.37. The first kappa shape index (κ1) is 8.25. The molecular formula is C8H5BrN2O2. The van der Waals surface area contributed by atoms with Gasteiger partial charge in [0.25, 0.3) is 0 Å². The van der Waals surface area contributed by atoms with Gasteiger partial charge >= 0.3 is 5.97 Å². The normalized spacial score (nSPS) is 10.5. The molecule has 0 spiro atoms. The van der Waals surface area contributed by atoms with Gasteiger partial charge in [0.15, 0.2) is 0 Å². The highest BCUT2D eigenvalue weighted by Crippen LogP contribution is 2.21. The molecule has 0 unspecified atom stereocenters. The SMILES string of the molecule is O=C(O)c1ccc2n[nH]c(Br)c2c1. The van der Waals surface area contributed by atoms with Crippen LogP contribution in [0.3, 0.4) is 0 Å². The molecule has 1 heterocycles. The van der Waals surface area contributed by atoms with Gasteiger partial charge in [0.1, 0.15) is 4.60 Å². The molecular weight excluding hydrogens is 236 g/mol. The standard InChI is InChI=1S/C8H5BrN2O2/c9-7-5-3-4(8(12)13)1-2-6(5)10-11-7/h1-3H,(H,10,11)(H,12,13). The van der Waals surface area contributed by atoms with Gasteiger partial charge in [0, 0.05) is 5.39 Å². The van der Waals surface area contributed by atoms with Crippen molar-refractivity contribution >= 4 is 32.8 Å². The molecule has 0 amide bonds. The summed E-state index contributed by atoms with van der Waals surface area (Å²) >= 11 is 3.24. The molecule has 1 aromatic carbocycles. The molecule has 0 aliphatic rings. The van der Waals surface area contributed by atoms with Gasteiger partial charge in [-0.3, -0.25) is 5.10 Å². The Morgan fingerprint density at radius 1 is 1.54 bits per heavy atom. The molecule has 2 rings (SSSR count). The molecule has 0 aliphatic carbocycles. The topological polar surface area (TPSA) is 66.0 Å². The van der Waals surface area contributed by atoms with E-state index in [1.54, 1.807) is 12.1 Å². The van der Waals surface area contributed by atoms with Crippen molar-refractivity contribution in [2.45, 2.75) is 0 Å². The summed E-state index contributed by atoms with van der Waals surface area (Å²) in [5.74, 6) is -0.935. The lowest BCUT2D eigenvalue weighted by molar-refractivity contribution is 0.0697. The molecule has 0 saturated carbocycles. The van der Waals surface area contributed by atoms with Crippen LogP contribution in [-0.2, 0) is 0 Å². The molecule has 0 fully saturated rings. The molecule has 5 heteroatoms. The minimum atomic E-state index is -0.935. The molecule has 1 aromatic heterocycles. The lowest BCUT2D eigenvalue weighted by Crippen LogP contribution is -1.94. The van der Waals surface area contributed by atoms with Crippen LogP contribution in [0.15, 0.2) is 22.8 Å². The summed E-state index contributed by atoms with van der Waals surface area (Å²) in [7, 11) is 0. The minimum Gasteiger partial charge on any atom is -0.478 e. The number of fused-ring (bicyclic) bond motifs is 1. The predicted octanol–water partition coefficient (Wildman–Crippen LogP) is 2.02. The Hall–Kier alpha value is -1.36. The molecule has 0 radical (unpaired) electrons. The molecule has 0 saturated heterocycles. The quantitative estimate of drug-likeness (QED) is 0.802. The zero-order valence-electron chi connectivity index (χ0n) is 6.41. The number of carboxylic acids is 1. The van der Waals surface area contributed by atoms with Gasteiger partial charge in [-0.05, 0) is 34.1 Å². The van der Waals surface area contributed by atoms with E-state index in [1.807, 2.05) is 0 Å².